The fourth-order valence-corrected chi connectivity index (χ4v) is 6.36. The monoisotopic (exact) mass is 633 g/mol. The van der Waals surface area contributed by atoms with Crippen LogP contribution < -0.4 is 15.2 Å². The van der Waals surface area contributed by atoms with Crippen molar-refractivity contribution in [2.45, 2.75) is 25.5 Å². The first-order chi connectivity index (χ1) is 20.9. The predicted octanol–water partition coefficient (Wildman–Crippen LogP) is 2.79. The fourth-order valence-electron chi connectivity index (χ4n) is 4.85. The molecule has 2 aromatic carbocycles. The summed E-state index contributed by atoms with van der Waals surface area (Å²) in [5, 5.41) is 15.0. The van der Waals surface area contributed by atoms with Crippen LogP contribution in [0.2, 0.25) is 0 Å². The van der Waals surface area contributed by atoms with Crippen molar-refractivity contribution in [1.82, 2.24) is 14.1 Å². The van der Waals surface area contributed by atoms with E-state index < -0.39 is 43.5 Å². The van der Waals surface area contributed by atoms with E-state index in [0.717, 1.165) is 16.8 Å². The summed E-state index contributed by atoms with van der Waals surface area (Å²) in [4.78, 5) is 37.0. The number of carbonyl (C=O) groups excluding carboxylic acids is 1. The van der Waals surface area contributed by atoms with Gasteiger partial charge in [-0.1, -0.05) is 12.1 Å². The van der Waals surface area contributed by atoms with E-state index in [9.17, 15) is 36.9 Å². The maximum Gasteiger partial charge on any atom is 0.316 e. The molecule has 0 unspecified atom stereocenters. The molecule has 1 aromatic heterocycles. The summed E-state index contributed by atoms with van der Waals surface area (Å²) >= 11 is 0. The number of sulfonamides is 1. The SMILES string of the molecule is CC(=O)OCC1(COc2c(N3CCN(S(=O)(=O)Cc4ccc([N+](=O)[O-])cc4)CC3)cnn(-c3cc(F)cc(F)c3)c2=O)CC1. The number of hydrogen-bond acceptors (Lipinski definition) is 10. The number of halogens is 2. The number of non-ortho nitro benzene ring substituents is 1. The molecule has 44 heavy (non-hydrogen) atoms. The molecule has 0 N–H and O–H groups in total. The van der Waals surface area contributed by atoms with Crippen LogP contribution in [0.4, 0.5) is 20.2 Å². The summed E-state index contributed by atoms with van der Waals surface area (Å²) in [6, 6.07) is 7.87. The van der Waals surface area contributed by atoms with Gasteiger partial charge in [0.15, 0.2) is 0 Å². The maximum absolute atomic E-state index is 14.0. The van der Waals surface area contributed by atoms with Crippen LogP contribution in [-0.4, -0.2) is 72.8 Å². The minimum Gasteiger partial charge on any atom is -0.485 e. The number of nitro groups is 1. The van der Waals surface area contributed by atoms with E-state index in [4.69, 9.17) is 9.47 Å². The summed E-state index contributed by atoms with van der Waals surface area (Å²) in [5.41, 5.74) is -0.859. The highest BCUT2D eigenvalue weighted by Gasteiger charge is 2.45. The molecule has 0 amide bonds. The molecule has 2 fully saturated rings. The highest BCUT2D eigenvalue weighted by Crippen LogP contribution is 2.46. The molecule has 0 atom stereocenters. The number of rotatable bonds is 11. The number of ether oxygens (including phenoxy) is 2. The van der Waals surface area contributed by atoms with Gasteiger partial charge in [-0.05, 0) is 30.5 Å². The number of anilines is 1. The Morgan fingerprint density at radius 1 is 1.05 bits per heavy atom. The second kappa shape index (κ2) is 12.3. The Labute approximate surface area is 250 Å². The highest BCUT2D eigenvalue weighted by molar-refractivity contribution is 7.88. The van der Waals surface area contributed by atoms with Crippen LogP contribution in [0.5, 0.6) is 5.75 Å². The molecule has 16 heteroatoms. The van der Waals surface area contributed by atoms with Gasteiger partial charge in [-0.15, -0.1) is 0 Å². The third-order valence-electron chi connectivity index (χ3n) is 7.54. The Kier molecular flexibility index (Phi) is 8.65. The van der Waals surface area contributed by atoms with Gasteiger partial charge in [-0.25, -0.2) is 17.2 Å². The molecule has 2 heterocycles. The third-order valence-corrected chi connectivity index (χ3v) is 9.39. The first-order valence-electron chi connectivity index (χ1n) is 13.7. The Bertz CT molecular complexity index is 1720. The van der Waals surface area contributed by atoms with Crippen LogP contribution in [0, 0.1) is 27.2 Å². The van der Waals surface area contributed by atoms with E-state index in [-0.39, 0.29) is 68.0 Å². The van der Waals surface area contributed by atoms with Crippen LogP contribution in [0.15, 0.2) is 53.5 Å². The zero-order chi connectivity index (χ0) is 31.6. The summed E-state index contributed by atoms with van der Waals surface area (Å²) in [6.07, 6.45) is 2.73. The Hall–Kier alpha value is -4.44. The van der Waals surface area contributed by atoms with E-state index in [1.165, 1.54) is 41.7 Å². The van der Waals surface area contributed by atoms with Crippen molar-refractivity contribution in [3.05, 3.63) is 86.3 Å². The van der Waals surface area contributed by atoms with Gasteiger partial charge in [0.2, 0.25) is 15.8 Å². The zero-order valence-corrected chi connectivity index (χ0v) is 24.5. The molecule has 5 rings (SSSR count). The smallest absolute Gasteiger partial charge is 0.316 e. The number of nitrogens with zero attached hydrogens (tertiary/aromatic N) is 5. The molecule has 1 aliphatic heterocycles. The average Bonchev–Trinajstić information content (AvgIpc) is 3.75. The zero-order valence-electron chi connectivity index (χ0n) is 23.6. The van der Waals surface area contributed by atoms with Crippen molar-refractivity contribution < 1.29 is 36.4 Å². The third kappa shape index (κ3) is 7.02. The Morgan fingerprint density at radius 2 is 1.68 bits per heavy atom. The molecule has 234 valence electrons. The molecule has 1 saturated heterocycles. The summed E-state index contributed by atoms with van der Waals surface area (Å²) in [5.74, 6) is -2.72. The van der Waals surface area contributed by atoms with Gasteiger partial charge >= 0.3 is 11.5 Å². The van der Waals surface area contributed by atoms with Crippen LogP contribution in [0.1, 0.15) is 25.3 Å². The van der Waals surface area contributed by atoms with Crippen molar-refractivity contribution in [2.75, 3.05) is 44.3 Å². The molecule has 1 aliphatic carbocycles. The van der Waals surface area contributed by atoms with E-state index in [2.05, 4.69) is 5.10 Å². The lowest BCUT2D eigenvalue weighted by molar-refractivity contribution is -0.384. The largest absolute Gasteiger partial charge is 0.485 e. The van der Waals surface area contributed by atoms with Gasteiger partial charge in [0.05, 0.1) is 29.2 Å². The van der Waals surface area contributed by atoms with Gasteiger partial charge in [-0.3, -0.25) is 19.7 Å². The molecule has 13 nitrogen and oxygen atoms in total. The molecule has 0 spiro atoms. The minimum atomic E-state index is -3.77. The second-order valence-corrected chi connectivity index (χ2v) is 12.8. The summed E-state index contributed by atoms with van der Waals surface area (Å²) in [7, 11) is -3.77. The number of aromatic nitrogens is 2. The lowest BCUT2D eigenvalue weighted by Gasteiger charge is -2.35. The van der Waals surface area contributed by atoms with Gasteiger partial charge in [0, 0.05) is 56.7 Å². The van der Waals surface area contributed by atoms with Crippen molar-refractivity contribution in [3.8, 4) is 11.4 Å². The van der Waals surface area contributed by atoms with Crippen molar-refractivity contribution in [2.24, 2.45) is 5.41 Å². The molecular weight excluding hydrogens is 604 g/mol. The van der Waals surface area contributed by atoms with Gasteiger partial charge in [0.25, 0.3) is 5.69 Å². The summed E-state index contributed by atoms with van der Waals surface area (Å²) < 4.78 is 67.4. The van der Waals surface area contributed by atoms with E-state index in [0.29, 0.717) is 24.5 Å². The van der Waals surface area contributed by atoms with E-state index in [1.807, 2.05) is 0 Å². The van der Waals surface area contributed by atoms with Crippen LogP contribution in [0.3, 0.4) is 0 Å². The van der Waals surface area contributed by atoms with Crippen LogP contribution >= 0.6 is 0 Å². The number of benzene rings is 2. The molecule has 0 bridgehead atoms. The van der Waals surface area contributed by atoms with Crippen molar-refractivity contribution >= 4 is 27.4 Å². The Balaban J connectivity index is 1.36. The summed E-state index contributed by atoms with van der Waals surface area (Å²) in [6.45, 7) is 1.93. The quantitative estimate of drug-likeness (QED) is 0.175. The first kappa shape index (κ1) is 31.0. The molecular formula is C28H29F2N5O8S. The van der Waals surface area contributed by atoms with Gasteiger partial charge < -0.3 is 14.4 Å². The topological polar surface area (TPSA) is 154 Å². The lowest BCUT2D eigenvalue weighted by Crippen LogP contribution is -2.49. The maximum atomic E-state index is 14.0. The Morgan fingerprint density at radius 3 is 2.25 bits per heavy atom. The first-order valence-corrected chi connectivity index (χ1v) is 15.3. The van der Waals surface area contributed by atoms with Gasteiger partial charge in [-0.2, -0.15) is 14.1 Å². The standard InChI is InChI=1S/C28H29F2N5O8S/c1-19(36)42-17-28(6-7-28)18-43-26-25(15-31-34(27(26)37)24-13-21(29)12-22(30)14-24)32-8-10-33(11-9-32)44(40,41)16-20-2-4-23(5-3-20)35(38)39/h2-5,12-15H,6-11,16-18H2,1H3. The number of piperazine rings is 1. The second-order valence-electron chi connectivity index (χ2n) is 10.8. The number of carbonyl (C=O) groups is 1. The lowest BCUT2D eigenvalue weighted by atomic mass is 10.1. The number of hydrogen-bond donors (Lipinski definition) is 0. The number of nitro benzene ring substituents is 1. The normalized spacial score (nSPS) is 16.4. The molecule has 0 radical (unpaired) electrons. The van der Waals surface area contributed by atoms with Gasteiger partial charge in [0.1, 0.15) is 23.9 Å². The fraction of sp³-hybridized carbons (Fsp3) is 0.393. The molecule has 3 aromatic rings. The molecule has 2 aliphatic rings. The van der Waals surface area contributed by atoms with Crippen molar-refractivity contribution in [3.63, 3.8) is 0 Å². The van der Waals surface area contributed by atoms with Crippen LogP contribution in [0.25, 0.3) is 5.69 Å². The van der Waals surface area contributed by atoms with Crippen molar-refractivity contribution in [1.29, 1.82) is 0 Å². The highest BCUT2D eigenvalue weighted by atomic mass is 32.2. The predicted molar refractivity (Wildman–Crippen MR) is 153 cm³/mol. The van der Waals surface area contributed by atoms with E-state index >= 15 is 0 Å². The minimum absolute atomic E-state index is 0.0353. The molecule has 1 saturated carbocycles. The van der Waals surface area contributed by atoms with Crippen LogP contribution in [-0.2, 0) is 25.3 Å². The van der Waals surface area contributed by atoms with E-state index in [1.54, 1.807) is 4.90 Å². The average molecular weight is 634 g/mol. The number of esters is 1.